The van der Waals surface area contributed by atoms with Crippen molar-refractivity contribution in [3.63, 3.8) is 0 Å². The Kier molecular flexibility index (Phi) is 23.0. The van der Waals surface area contributed by atoms with Crippen molar-refractivity contribution in [1.29, 1.82) is 0 Å². The van der Waals surface area contributed by atoms with Gasteiger partial charge < -0.3 is 41.0 Å². The van der Waals surface area contributed by atoms with Crippen LogP contribution in [0.3, 0.4) is 0 Å². The number of aliphatic imine (C=N–C) groups is 1. The van der Waals surface area contributed by atoms with Gasteiger partial charge in [-0.05, 0) is 90.8 Å². The molecule has 3 aromatic carbocycles. The fourth-order valence-electron chi connectivity index (χ4n) is 8.21. The molecule has 2 aliphatic rings. The average molecular weight is 940 g/mol. The zero-order chi connectivity index (χ0) is 50.5. The van der Waals surface area contributed by atoms with Crippen molar-refractivity contribution < 1.29 is 36.3 Å². The highest BCUT2D eigenvalue weighted by Gasteiger charge is 2.39. The first-order chi connectivity index (χ1) is 32.6. The number of allylic oxidation sites excluding steroid dienone is 2. The fraction of sp³-hybridized carbons (Fsp3) is 0.481. The Labute approximate surface area is 408 Å². The number of methoxy groups -OCH3 is 2. The highest BCUT2D eigenvalue weighted by molar-refractivity contribution is 5.98. The molecule has 0 aromatic heterocycles. The van der Waals surface area contributed by atoms with Crippen molar-refractivity contribution in [3.05, 3.63) is 108 Å². The van der Waals surface area contributed by atoms with Gasteiger partial charge in [-0.3, -0.25) is 19.4 Å². The Morgan fingerprint density at radius 3 is 1.81 bits per heavy atom. The summed E-state index contributed by atoms with van der Waals surface area (Å²) in [6, 6.07) is 23.0. The first-order valence-electron chi connectivity index (χ1n) is 24.2. The highest BCUT2D eigenvalue weighted by Crippen LogP contribution is 2.34. The summed E-state index contributed by atoms with van der Waals surface area (Å²) in [5.41, 5.74) is 7.62. The summed E-state index contributed by atoms with van der Waals surface area (Å²) >= 11 is 0. The van der Waals surface area contributed by atoms with Crippen LogP contribution in [0, 0.1) is 17.8 Å². The van der Waals surface area contributed by atoms with E-state index in [1.165, 1.54) is 14.2 Å². The summed E-state index contributed by atoms with van der Waals surface area (Å²) in [5.74, 6) is -0.895. The zero-order valence-electron chi connectivity index (χ0n) is 42.6. The third kappa shape index (κ3) is 15.3. The van der Waals surface area contributed by atoms with E-state index < -0.39 is 36.2 Å². The van der Waals surface area contributed by atoms with Gasteiger partial charge in [-0.2, -0.15) is 0 Å². The van der Waals surface area contributed by atoms with Gasteiger partial charge in [0.15, 0.2) is 0 Å². The van der Waals surface area contributed by atoms with E-state index in [0.717, 1.165) is 58.5 Å². The van der Waals surface area contributed by atoms with E-state index in [1.807, 2.05) is 105 Å². The van der Waals surface area contributed by atoms with E-state index >= 15 is 0 Å². The molecule has 1 saturated heterocycles. The second-order valence-corrected chi connectivity index (χ2v) is 17.2. The molecule has 68 heavy (non-hydrogen) atoms. The number of rotatable bonds is 17. The van der Waals surface area contributed by atoms with E-state index in [9.17, 15) is 24.0 Å². The molecule has 0 aliphatic carbocycles. The van der Waals surface area contributed by atoms with Crippen LogP contribution in [-0.4, -0.2) is 98.0 Å². The van der Waals surface area contributed by atoms with Crippen LogP contribution in [0.25, 0.3) is 22.4 Å². The van der Waals surface area contributed by atoms with Crippen molar-refractivity contribution in [2.45, 2.75) is 126 Å². The minimum atomic E-state index is -0.853. The summed E-state index contributed by atoms with van der Waals surface area (Å²) < 4.78 is 9.55. The number of carbonyl (C=O) groups is 5. The van der Waals surface area contributed by atoms with Crippen LogP contribution >= 0.6 is 0 Å². The molecule has 5 rings (SSSR count). The van der Waals surface area contributed by atoms with Crippen LogP contribution in [0.4, 0.5) is 9.59 Å². The van der Waals surface area contributed by atoms with Gasteiger partial charge in [-0.25, -0.2) is 9.59 Å². The van der Waals surface area contributed by atoms with E-state index in [-0.39, 0.29) is 51.0 Å². The zero-order valence-corrected chi connectivity index (χ0v) is 42.6. The third-order valence-corrected chi connectivity index (χ3v) is 12.0. The lowest BCUT2D eigenvalue weighted by molar-refractivity contribution is -0.134. The van der Waals surface area contributed by atoms with Crippen LogP contribution in [-0.2, 0) is 19.1 Å². The van der Waals surface area contributed by atoms with Gasteiger partial charge in [-0.15, -0.1) is 0 Å². The van der Waals surface area contributed by atoms with Crippen LogP contribution in [0.1, 0.15) is 120 Å². The monoisotopic (exact) mass is 940 g/mol. The number of hydrogen-bond acceptors (Lipinski definition) is 9. The number of nitrogens with zero attached hydrogens (tertiary/aromatic N) is 2. The van der Waals surface area contributed by atoms with Gasteiger partial charge in [0.05, 0.1) is 26.3 Å². The fourth-order valence-corrected chi connectivity index (χ4v) is 8.21. The van der Waals surface area contributed by atoms with Gasteiger partial charge >= 0.3 is 12.2 Å². The normalized spacial score (nSPS) is 17.3. The van der Waals surface area contributed by atoms with Crippen LogP contribution in [0.5, 0.6) is 0 Å². The molecule has 14 nitrogen and oxygen atoms in total. The Morgan fingerprint density at radius 2 is 1.28 bits per heavy atom. The van der Waals surface area contributed by atoms with Crippen molar-refractivity contribution in [2.75, 3.05) is 27.3 Å². The first-order valence-corrected chi connectivity index (χ1v) is 24.2. The Balaban J connectivity index is 0.00000398. The molecule has 2 aliphatic heterocycles. The summed E-state index contributed by atoms with van der Waals surface area (Å²) in [4.78, 5) is 71.2. The lowest BCUT2D eigenvalue weighted by Gasteiger charge is -2.33. The van der Waals surface area contributed by atoms with Crippen LogP contribution in [0.15, 0.2) is 96.1 Å². The number of likely N-dealkylation sites (tertiary alicyclic amines) is 1. The third-order valence-electron chi connectivity index (χ3n) is 12.0. The highest BCUT2D eigenvalue weighted by atomic mass is 16.5. The molecule has 5 N–H and O–H groups in total. The number of amides is 5. The predicted octanol–water partition coefficient (Wildman–Crippen LogP) is 9.73. The molecular weight excluding hydrogens is 859 g/mol. The van der Waals surface area contributed by atoms with Gasteiger partial charge in [0, 0.05) is 45.2 Å². The molecule has 0 bridgehead atoms. The number of hydrogen-bond donors (Lipinski definition) is 5. The van der Waals surface area contributed by atoms with E-state index in [0.29, 0.717) is 12.1 Å². The maximum atomic E-state index is 13.7. The summed E-state index contributed by atoms with van der Waals surface area (Å²) in [6.45, 7) is 22.3. The average Bonchev–Trinajstić information content (AvgIpc) is 3.86. The van der Waals surface area contributed by atoms with Gasteiger partial charge in [0.1, 0.15) is 12.1 Å². The molecule has 0 spiro atoms. The lowest BCUT2D eigenvalue weighted by Crippen LogP contribution is -2.58. The quantitative estimate of drug-likeness (QED) is 0.0888. The van der Waals surface area contributed by atoms with Crippen LogP contribution < -0.4 is 26.6 Å². The van der Waals surface area contributed by atoms with Gasteiger partial charge in [-0.1, -0.05) is 135 Å². The van der Waals surface area contributed by atoms with Gasteiger partial charge in [0.25, 0.3) is 5.91 Å². The molecule has 3 aromatic rings. The SMILES string of the molecule is C/C=C(\NC(C)[C@H](CNC(=O)c1ccccc1)NC(=O)[C@@H](NC(=O)OC)C(C)C)c1ccc(-c2ccc(C3=CN=C([C@@H]4CCCN4C(=O)[C@@H](NC(=O)OC)C(C)C)C[C@@H]3C)cc2)cc1.CC.CC.[HH].[HH]. The molecule has 1 unspecified atom stereocenters. The Hall–Kier alpha value is -6.44. The predicted molar refractivity (Wildman–Crippen MR) is 278 cm³/mol. The molecule has 6 atom stereocenters. The van der Waals surface area contributed by atoms with Crippen molar-refractivity contribution >= 4 is 46.9 Å². The number of ether oxygens (including phenoxy) is 2. The number of alkyl carbamates (subject to hydrolysis) is 2. The van der Waals surface area contributed by atoms with Crippen molar-refractivity contribution in [1.82, 2.24) is 31.5 Å². The number of benzene rings is 3. The smallest absolute Gasteiger partial charge is 0.407 e. The lowest BCUT2D eigenvalue weighted by atomic mass is 9.86. The standard InChI is InChI=1S/C50H65N7O7.2C2H6.2H2/c1-10-40(53-33(7)42(29-52-46(58)38-15-12-11-13-16-38)54-47(59)44(30(2)3)55-49(61)63-8)37-24-20-35(21-25-37)34-18-22-36(23-19-34)39-28-51-41(27-32(39)6)43-17-14-26-57(43)48(60)45(31(4)5)56-50(62)64-9;2*1-2;;/h10-13,15-16,18-25,28,30-33,42-45,53H,14,17,26-27,29H2,1-9H3,(H,52,58)(H,54,59)(H,55,61)(H,56,62);2*1-2H3;2*1H/b40-10-;;;;/t32-,33?,42-,43-,44-,45-;;;;/m0..../s1. The maximum Gasteiger partial charge on any atom is 0.407 e. The number of nitrogens with one attached hydrogen (secondary N) is 5. The van der Waals surface area contributed by atoms with E-state index in [1.54, 1.807) is 24.3 Å². The molecule has 5 amide bonds. The van der Waals surface area contributed by atoms with Crippen LogP contribution in [0.2, 0.25) is 0 Å². The molecule has 0 radical (unpaired) electrons. The Bertz CT molecular complexity index is 2200. The molecule has 1 fully saturated rings. The summed E-state index contributed by atoms with van der Waals surface area (Å²) in [7, 11) is 2.55. The maximum absolute atomic E-state index is 13.7. The molecular formula is C54H81N7O7. The number of carbonyl (C=O) groups excluding carboxylic acids is 5. The first kappa shape index (κ1) is 55.9. The van der Waals surface area contributed by atoms with E-state index in [2.05, 4.69) is 69.9 Å². The second-order valence-electron chi connectivity index (χ2n) is 17.2. The largest absolute Gasteiger partial charge is 0.453 e. The molecule has 2 heterocycles. The van der Waals surface area contributed by atoms with Crippen molar-refractivity contribution in [2.24, 2.45) is 22.7 Å². The second kappa shape index (κ2) is 28.0. The Morgan fingerprint density at radius 1 is 0.735 bits per heavy atom. The van der Waals surface area contributed by atoms with Gasteiger partial charge in [0.2, 0.25) is 11.8 Å². The summed E-state index contributed by atoms with van der Waals surface area (Å²) in [5, 5.41) is 14.9. The topological polar surface area (TPSA) is 180 Å². The summed E-state index contributed by atoms with van der Waals surface area (Å²) in [6.07, 6.45) is 5.05. The molecule has 374 valence electrons. The van der Waals surface area contributed by atoms with Crippen molar-refractivity contribution in [3.8, 4) is 11.1 Å². The molecule has 14 heteroatoms. The molecule has 0 saturated carbocycles. The van der Waals surface area contributed by atoms with E-state index in [4.69, 9.17) is 14.5 Å². The minimum Gasteiger partial charge on any atom is -0.453 e. The minimum absolute atomic E-state index is 0.